The third-order valence-corrected chi connectivity index (χ3v) is 8.01. The molecule has 180 valence electrons. The number of primary sulfonamides is 1. The van der Waals surface area contributed by atoms with Gasteiger partial charge in [-0.15, -0.1) is 0 Å². The van der Waals surface area contributed by atoms with Gasteiger partial charge in [0, 0.05) is 30.8 Å². The predicted octanol–water partition coefficient (Wildman–Crippen LogP) is 1.53. The molecule has 1 aliphatic rings. The van der Waals surface area contributed by atoms with Crippen molar-refractivity contribution in [3.05, 3.63) is 48.0 Å². The maximum Gasteiger partial charge on any atom is 0.243 e. The molecule has 1 aliphatic heterocycles. The first-order valence-electron chi connectivity index (χ1n) is 10.2. The van der Waals surface area contributed by atoms with Gasteiger partial charge in [-0.25, -0.2) is 22.0 Å². The zero-order valence-electron chi connectivity index (χ0n) is 18.4. The van der Waals surface area contributed by atoms with Crippen molar-refractivity contribution in [3.8, 4) is 11.5 Å². The van der Waals surface area contributed by atoms with Gasteiger partial charge in [0.2, 0.25) is 26.0 Å². The minimum Gasteiger partial charge on any atom is -0.493 e. The van der Waals surface area contributed by atoms with Crippen LogP contribution in [-0.4, -0.2) is 54.4 Å². The van der Waals surface area contributed by atoms with E-state index in [1.165, 1.54) is 36.7 Å². The molecule has 0 radical (unpaired) electrons. The molecule has 1 heterocycles. The number of hydrogen-bond donors (Lipinski definition) is 2. The topological polar surface area (TPSA) is 145 Å². The smallest absolute Gasteiger partial charge is 0.243 e. The Hall–Kier alpha value is -2.67. The summed E-state index contributed by atoms with van der Waals surface area (Å²) in [5, 5.41) is 7.85. The first kappa shape index (κ1) is 25.0. The highest BCUT2D eigenvalue weighted by Gasteiger charge is 2.32. The Morgan fingerprint density at radius 3 is 2.30 bits per heavy atom. The Kier molecular flexibility index (Phi) is 7.62. The van der Waals surface area contributed by atoms with Crippen LogP contribution in [-0.2, 0) is 30.6 Å². The van der Waals surface area contributed by atoms with Gasteiger partial charge in [0.05, 0.1) is 24.9 Å². The van der Waals surface area contributed by atoms with Crippen LogP contribution in [0.4, 0.5) is 5.69 Å². The van der Waals surface area contributed by atoms with Gasteiger partial charge in [-0.3, -0.25) is 4.79 Å². The molecule has 10 nitrogen and oxygen atoms in total. The van der Waals surface area contributed by atoms with Crippen molar-refractivity contribution in [2.75, 3.05) is 32.6 Å². The lowest BCUT2D eigenvalue weighted by Crippen LogP contribution is -2.41. The third-order valence-electron chi connectivity index (χ3n) is 5.38. The van der Waals surface area contributed by atoms with Gasteiger partial charge in [-0.05, 0) is 42.7 Å². The number of methoxy groups -OCH3 is 2. The number of carbonyl (C=O) groups is 1. The second-order valence-corrected chi connectivity index (χ2v) is 11.2. The number of carbonyl (C=O) groups excluding carboxylic acids is 1. The summed E-state index contributed by atoms with van der Waals surface area (Å²) in [4.78, 5) is 12.8. The SMILES string of the molecule is COc1ccc(S(=O)(=O)N2CCC(C(=O)Nc3cccc(CS(N)(=O)=O)c3)CC2)cc1OC. The Labute approximate surface area is 193 Å². The van der Waals surface area contributed by atoms with Gasteiger partial charge in [-0.1, -0.05) is 12.1 Å². The van der Waals surface area contributed by atoms with E-state index < -0.39 is 20.0 Å². The molecule has 2 aromatic carbocycles. The van der Waals surface area contributed by atoms with Crippen LogP contribution in [0, 0.1) is 5.92 Å². The summed E-state index contributed by atoms with van der Waals surface area (Å²) >= 11 is 0. The lowest BCUT2D eigenvalue weighted by Gasteiger charge is -2.30. The van der Waals surface area contributed by atoms with Gasteiger partial charge >= 0.3 is 0 Å². The standard InChI is InChI=1S/C21H27N3O7S2/c1-30-19-7-6-18(13-20(19)31-2)33(28,29)24-10-8-16(9-11-24)21(25)23-17-5-3-4-15(12-17)14-32(22,26)27/h3-7,12-13,16H,8-11,14H2,1-2H3,(H,23,25)(H2,22,26,27). The van der Waals surface area contributed by atoms with Crippen LogP contribution in [0.15, 0.2) is 47.4 Å². The Balaban J connectivity index is 1.63. The number of ether oxygens (including phenoxy) is 2. The normalized spacial score (nSPS) is 15.7. The number of anilines is 1. The average molecular weight is 498 g/mol. The minimum atomic E-state index is -3.75. The molecule has 3 rings (SSSR count). The maximum absolute atomic E-state index is 13.0. The van der Waals surface area contributed by atoms with Crippen LogP contribution < -0.4 is 19.9 Å². The van der Waals surface area contributed by atoms with Crippen molar-refractivity contribution in [1.82, 2.24) is 4.31 Å². The van der Waals surface area contributed by atoms with E-state index >= 15 is 0 Å². The fourth-order valence-corrected chi connectivity index (χ4v) is 5.83. The number of benzene rings is 2. The highest BCUT2D eigenvalue weighted by Crippen LogP contribution is 2.32. The Morgan fingerprint density at radius 2 is 1.70 bits per heavy atom. The Bertz CT molecular complexity index is 1220. The number of nitrogens with zero attached hydrogens (tertiary/aromatic N) is 1. The number of piperidine rings is 1. The lowest BCUT2D eigenvalue weighted by atomic mass is 9.97. The van der Waals surface area contributed by atoms with Crippen molar-refractivity contribution in [3.63, 3.8) is 0 Å². The zero-order valence-corrected chi connectivity index (χ0v) is 20.0. The van der Waals surface area contributed by atoms with Crippen LogP contribution in [0.25, 0.3) is 0 Å². The molecule has 0 aromatic heterocycles. The maximum atomic E-state index is 13.0. The summed E-state index contributed by atoms with van der Waals surface area (Å²) in [6.45, 7) is 0.389. The number of amides is 1. The minimum absolute atomic E-state index is 0.0923. The molecule has 1 amide bonds. The number of nitrogens with one attached hydrogen (secondary N) is 1. The van der Waals surface area contributed by atoms with Gasteiger partial charge in [-0.2, -0.15) is 4.31 Å². The highest BCUT2D eigenvalue weighted by atomic mass is 32.2. The van der Waals surface area contributed by atoms with Crippen LogP contribution in [0.5, 0.6) is 11.5 Å². The van der Waals surface area contributed by atoms with E-state index in [0.717, 1.165) is 0 Å². The van der Waals surface area contributed by atoms with Crippen LogP contribution in [0.3, 0.4) is 0 Å². The fourth-order valence-electron chi connectivity index (χ4n) is 3.70. The molecule has 33 heavy (non-hydrogen) atoms. The van der Waals surface area contributed by atoms with E-state index in [1.54, 1.807) is 24.3 Å². The van der Waals surface area contributed by atoms with E-state index in [-0.39, 0.29) is 35.6 Å². The van der Waals surface area contributed by atoms with Gasteiger partial charge in [0.1, 0.15) is 0 Å². The van der Waals surface area contributed by atoms with Gasteiger partial charge in [0.25, 0.3) is 0 Å². The van der Waals surface area contributed by atoms with E-state index in [1.807, 2.05) is 0 Å². The van der Waals surface area contributed by atoms with Crippen LogP contribution >= 0.6 is 0 Å². The molecule has 12 heteroatoms. The highest BCUT2D eigenvalue weighted by molar-refractivity contribution is 7.89. The molecule has 1 fully saturated rings. The summed E-state index contributed by atoms with van der Waals surface area (Å²) in [7, 11) is -4.53. The monoisotopic (exact) mass is 497 g/mol. The molecule has 0 atom stereocenters. The van der Waals surface area contributed by atoms with Crippen molar-refractivity contribution in [2.24, 2.45) is 11.1 Å². The summed E-state index contributed by atoms with van der Waals surface area (Å²) in [6.07, 6.45) is 0.713. The second kappa shape index (κ2) is 10.1. The van der Waals surface area contributed by atoms with Crippen molar-refractivity contribution < 1.29 is 31.1 Å². The number of nitrogens with two attached hydrogens (primary N) is 1. The van der Waals surface area contributed by atoms with Crippen LogP contribution in [0.1, 0.15) is 18.4 Å². The third kappa shape index (κ3) is 6.22. The van der Waals surface area contributed by atoms with Crippen molar-refractivity contribution in [2.45, 2.75) is 23.5 Å². The lowest BCUT2D eigenvalue weighted by molar-refractivity contribution is -0.120. The largest absolute Gasteiger partial charge is 0.493 e. The van der Waals surface area contributed by atoms with Crippen molar-refractivity contribution >= 4 is 31.6 Å². The Morgan fingerprint density at radius 1 is 1.03 bits per heavy atom. The molecule has 0 aliphatic carbocycles. The molecule has 0 unspecified atom stereocenters. The quantitative estimate of drug-likeness (QED) is 0.562. The first-order valence-corrected chi connectivity index (χ1v) is 13.3. The predicted molar refractivity (Wildman–Crippen MR) is 123 cm³/mol. The number of rotatable bonds is 8. The van der Waals surface area contributed by atoms with Crippen molar-refractivity contribution in [1.29, 1.82) is 0 Å². The zero-order chi connectivity index (χ0) is 24.2. The first-order chi connectivity index (χ1) is 15.5. The van der Waals surface area contributed by atoms with Gasteiger partial charge in [0.15, 0.2) is 11.5 Å². The summed E-state index contributed by atoms with van der Waals surface area (Å²) < 4.78 is 60.4. The molecule has 1 saturated heterocycles. The summed E-state index contributed by atoms with van der Waals surface area (Å²) in [5.41, 5.74) is 0.924. The van der Waals surface area contributed by atoms with E-state index in [9.17, 15) is 21.6 Å². The molecular weight excluding hydrogens is 470 g/mol. The number of hydrogen-bond acceptors (Lipinski definition) is 7. The van der Waals surface area contributed by atoms with E-state index in [4.69, 9.17) is 14.6 Å². The summed E-state index contributed by atoms with van der Waals surface area (Å²) in [5.74, 6) is -0.199. The number of sulfonamides is 2. The molecule has 0 bridgehead atoms. The second-order valence-electron chi connectivity index (χ2n) is 7.69. The molecule has 0 saturated carbocycles. The van der Waals surface area contributed by atoms with Gasteiger partial charge < -0.3 is 14.8 Å². The molecule has 3 N–H and O–H groups in total. The summed E-state index contributed by atoms with van der Waals surface area (Å²) in [6, 6.07) is 10.9. The van der Waals surface area contributed by atoms with E-state index in [2.05, 4.69) is 5.32 Å². The fraction of sp³-hybridized carbons (Fsp3) is 0.381. The molecular formula is C21H27N3O7S2. The van der Waals surface area contributed by atoms with E-state index in [0.29, 0.717) is 35.6 Å². The average Bonchev–Trinajstić information content (AvgIpc) is 2.77. The van der Waals surface area contributed by atoms with Crippen LogP contribution in [0.2, 0.25) is 0 Å². The molecule has 0 spiro atoms. The molecule has 2 aromatic rings.